The first-order valence-electron chi connectivity index (χ1n) is 12.1. The van der Waals surface area contributed by atoms with Crippen LogP contribution in [0.1, 0.15) is 35.0 Å². The molecule has 2 amide bonds. The van der Waals surface area contributed by atoms with Crippen LogP contribution in [0.2, 0.25) is 0 Å². The van der Waals surface area contributed by atoms with Crippen LogP contribution >= 0.6 is 0 Å². The largest absolute Gasteiger partial charge is 0.497 e. The molecule has 0 saturated heterocycles. The summed E-state index contributed by atoms with van der Waals surface area (Å²) < 4.78 is 35.0. The first-order valence-corrected chi connectivity index (χ1v) is 12.1. The molecule has 1 aromatic heterocycles. The smallest absolute Gasteiger partial charge is 0.258 e. The van der Waals surface area contributed by atoms with Gasteiger partial charge in [-0.2, -0.15) is 0 Å². The van der Waals surface area contributed by atoms with Crippen molar-refractivity contribution in [1.82, 2.24) is 9.80 Å². The van der Waals surface area contributed by atoms with Crippen molar-refractivity contribution in [2.45, 2.75) is 26.4 Å². The highest BCUT2D eigenvalue weighted by Gasteiger charge is 2.25. The summed E-state index contributed by atoms with van der Waals surface area (Å²) in [5.74, 6) is 0.525. The summed E-state index contributed by atoms with van der Waals surface area (Å²) in [5, 5.41) is 0. The quantitative estimate of drug-likeness (QED) is 0.295. The molecule has 0 radical (unpaired) electrons. The van der Waals surface area contributed by atoms with Gasteiger partial charge < -0.3 is 28.4 Å². The highest BCUT2D eigenvalue weighted by molar-refractivity contribution is 5.99. The van der Waals surface area contributed by atoms with E-state index in [0.29, 0.717) is 49.0 Å². The van der Waals surface area contributed by atoms with Crippen molar-refractivity contribution in [2.24, 2.45) is 0 Å². The van der Waals surface area contributed by atoms with E-state index in [0.717, 1.165) is 5.56 Å². The monoisotopic (exact) mass is 512 g/mol. The zero-order chi connectivity index (χ0) is 26.6. The third-order valence-electron chi connectivity index (χ3n) is 5.74. The Morgan fingerprint density at radius 3 is 2.41 bits per heavy atom. The predicted octanol–water partition coefficient (Wildman–Crippen LogP) is 4.53. The van der Waals surface area contributed by atoms with Gasteiger partial charge in [0.1, 0.15) is 29.6 Å². The van der Waals surface area contributed by atoms with Gasteiger partial charge in [-0.3, -0.25) is 9.59 Å². The Morgan fingerprint density at radius 2 is 1.76 bits per heavy atom. The highest BCUT2D eigenvalue weighted by atomic mass is 19.1. The van der Waals surface area contributed by atoms with Gasteiger partial charge in [-0.05, 0) is 55.3 Å². The number of furan rings is 1. The SMILES string of the molecule is CCOCCCN(CC(=O)N(Cc1ccc(F)cc1)Cc1ccco1)C(=O)c1ccc(OC)cc1OC. The topological polar surface area (TPSA) is 81.5 Å². The Kier molecular flexibility index (Phi) is 10.5. The Labute approximate surface area is 216 Å². The number of carbonyl (C=O) groups is 2. The predicted molar refractivity (Wildman–Crippen MR) is 136 cm³/mol. The van der Waals surface area contributed by atoms with Gasteiger partial charge in [-0.25, -0.2) is 4.39 Å². The van der Waals surface area contributed by atoms with Gasteiger partial charge in [0.05, 0.1) is 32.6 Å². The van der Waals surface area contributed by atoms with E-state index in [1.165, 1.54) is 37.5 Å². The van der Waals surface area contributed by atoms with E-state index in [1.54, 1.807) is 47.4 Å². The van der Waals surface area contributed by atoms with E-state index in [1.807, 2.05) is 6.92 Å². The molecular weight excluding hydrogens is 479 g/mol. The van der Waals surface area contributed by atoms with Crippen molar-refractivity contribution in [3.63, 3.8) is 0 Å². The van der Waals surface area contributed by atoms with E-state index in [9.17, 15) is 14.0 Å². The second-order valence-corrected chi connectivity index (χ2v) is 8.30. The Balaban J connectivity index is 1.84. The van der Waals surface area contributed by atoms with Gasteiger partial charge in [-0.15, -0.1) is 0 Å². The van der Waals surface area contributed by atoms with Crippen LogP contribution in [0.3, 0.4) is 0 Å². The number of carbonyl (C=O) groups excluding carboxylic acids is 2. The lowest BCUT2D eigenvalue weighted by molar-refractivity contribution is -0.133. The molecule has 198 valence electrons. The molecule has 0 atom stereocenters. The van der Waals surface area contributed by atoms with Gasteiger partial charge in [0.25, 0.3) is 5.91 Å². The van der Waals surface area contributed by atoms with E-state index in [4.69, 9.17) is 18.6 Å². The molecule has 1 heterocycles. The Hall–Kier alpha value is -3.85. The van der Waals surface area contributed by atoms with Crippen LogP contribution in [0.5, 0.6) is 11.5 Å². The minimum absolute atomic E-state index is 0.165. The summed E-state index contributed by atoms with van der Waals surface area (Å²) in [5.41, 5.74) is 1.08. The first-order chi connectivity index (χ1) is 17.9. The van der Waals surface area contributed by atoms with Crippen LogP contribution in [0.15, 0.2) is 65.3 Å². The molecule has 0 unspecified atom stereocenters. The molecule has 0 N–H and O–H groups in total. The van der Waals surface area contributed by atoms with Crippen LogP contribution in [-0.4, -0.2) is 62.1 Å². The van der Waals surface area contributed by atoms with E-state index in [-0.39, 0.29) is 37.3 Å². The molecule has 0 bridgehead atoms. The number of nitrogens with zero attached hydrogens (tertiary/aromatic N) is 2. The lowest BCUT2D eigenvalue weighted by atomic mass is 10.1. The fourth-order valence-electron chi connectivity index (χ4n) is 3.80. The zero-order valence-corrected chi connectivity index (χ0v) is 21.4. The maximum Gasteiger partial charge on any atom is 0.258 e. The number of amides is 2. The molecule has 9 heteroatoms. The number of benzene rings is 2. The van der Waals surface area contributed by atoms with Crippen LogP contribution in [0, 0.1) is 5.82 Å². The average molecular weight is 513 g/mol. The van der Waals surface area contributed by atoms with Crippen molar-refractivity contribution >= 4 is 11.8 Å². The summed E-state index contributed by atoms with van der Waals surface area (Å²) in [6.45, 7) is 3.50. The third-order valence-corrected chi connectivity index (χ3v) is 5.74. The summed E-state index contributed by atoms with van der Waals surface area (Å²) >= 11 is 0. The minimum atomic E-state index is -0.354. The van der Waals surface area contributed by atoms with E-state index < -0.39 is 0 Å². The molecule has 37 heavy (non-hydrogen) atoms. The van der Waals surface area contributed by atoms with Gasteiger partial charge in [0, 0.05) is 32.4 Å². The van der Waals surface area contributed by atoms with E-state index >= 15 is 0 Å². The highest BCUT2D eigenvalue weighted by Crippen LogP contribution is 2.26. The molecule has 0 aliphatic heterocycles. The molecule has 0 aliphatic rings. The number of hydrogen-bond acceptors (Lipinski definition) is 6. The van der Waals surface area contributed by atoms with Crippen LogP contribution < -0.4 is 9.47 Å². The van der Waals surface area contributed by atoms with Crippen molar-refractivity contribution < 1.29 is 32.6 Å². The summed E-state index contributed by atoms with van der Waals surface area (Å²) in [6, 6.07) is 14.4. The van der Waals surface area contributed by atoms with Gasteiger partial charge in [0.2, 0.25) is 5.91 Å². The minimum Gasteiger partial charge on any atom is -0.497 e. The molecule has 0 aliphatic carbocycles. The van der Waals surface area contributed by atoms with Crippen molar-refractivity contribution in [3.05, 3.63) is 83.6 Å². The van der Waals surface area contributed by atoms with Crippen molar-refractivity contribution in [3.8, 4) is 11.5 Å². The Bertz CT molecular complexity index is 1130. The normalized spacial score (nSPS) is 10.7. The number of halogens is 1. The second kappa shape index (κ2) is 14.0. The van der Waals surface area contributed by atoms with Gasteiger partial charge in [0.15, 0.2) is 0 Å². The lowest BCUT2D eigenvalue weighted by Crippen LogP contribution is -2.43. The summed E-state index contributed by atoms with van der Waals surface area (Å²) in [6.07, 6.45) is 2.09. The molecule has 3 rings (SSSR count). The van der Waals surface area contributed by atoms with Gasteiger partial charge >= 0.3 is 0 Å². The first kappa shape index (κ1) is 27.7. The standard InChI is InChI=1S/C28H33FN2O6/c1-4-36-15-6-14-30(28(33)25-13-12-23(34-2)17-26(25)35-3)20-27(32)31(19-24-7-5-16-37-24)18-21-8-10-22(29)11-9-21/h5,7-13,16-17H,4,6,14-15,18-20H2,1-3H3. The van der Waals surface area contributed by atoms with E-state index in [2.05, 4.69) is 0 Å². The third kappa shape index (κ3) is 8.08. The molecule has 0 spiro atoms. The van der Waals surface area contributed by atoms with Crippen molar-refractivity contribution in [2.75, 3.05) is 40.5 Å². The molecular formula is C28H33FN2O6. The van der Waals surface area contributed by atoms with Crippen molar-refractivity contribution in [1.29, 1.82) is 0 Å². The number of ether oxygens (including phenoxy) is 3. The molecule has 8 nitrogen and oxygen atoms in total. The fourth-order valence-corrected chi connectivity index (χ4v) is 3.80. The Morgan fingerprint density at radius 1 is 0.973 bits per heavy atom. The number of rotatable bonds is 14. The average Bonchev–Trinajstić information content (AvgIpc) is 3.43. The maximum absolute atomic E-state index is 13.6. The molecule has 2 aromatic carbocycles. The molecule has 0 saturated carbocycles. The molecule has 3 aromatic rings. The number of methoxy groups -OCH3 is 2. The summed E-state index contributed by atoms with van der Waals surface area (Å²) in [7, 11) is 3.01. The van der Waals surface area contributed by atoms with Crippen LogP contribution in [0.25, 0.3) is 0 Å². The second-order valence-electron chi connectivity index (χ2n) is 8.30. The summed E-state index contributed by atoms with van der Waals surface area (Å²) in [4.78, 5) is 30.2. The zero-order valence-electron chi connectivity index (χ0n) is 21.4. The molecule has 0 fully saturated rings. The van der Waals surface area contributed by atoms with Gasteiger partial charge in [-0.1, -0.05) is 12.1 Å². The van der Waals surface area contributed by atoms with Crippen LogP contribution in [-0.2, 0) is 22.6 Å². The maximum atomic E-state index is 13.6. The fraction of sp³-hybridized carbons (Fsp3) is 0.357. The number of hydrogen-bond donors (Lipinski definition) is 0. The lowest BCUT2D eigenvalue weighted by Gasteiger charge is -2.28. The van der Waals surface area contributed by atoms with Crippen LogP contribution in [0.4, 0.5) is 4.39 Å².